The highest BCUT2D eigenvalue weighted by Gasteiger charge is 2.12. The quantitative estimate of drug-likeness (QED) is 0.490. The summed E-state index contributed by atoms with van der Waals surface area (Å²) in [7, 11) is 0. The molecule has 0 aromatic carbocycles. The number of aldehydes is 1. The molecule has 1 aliphatic carbocycles. The van der Waals surface area contributed by atoms with E-state index in [1.165, 1.54) is 37.7 Å². The number of rotatable bonds is 5. The summed E-state index contributed by atoms with van der Waals surface area (Å²) < 4.78 is 0. The first-order valence-electron chi connectivity index (χ1n) is 6.41. The normalized spacial score (nSPS) is 21.3. The lowest BCUT2D eigenvalue weighted by molar-refractivity contribution is -0.110. The van der Waals surface area contributed by atoms with Crippen molar-refractivity contribution in [1.29, 1.82) is 0 Å². The summed E-state index contributed by atoms with van der Waals surface area (Å²) in [6.07, 6.45) is 12.5. The minimum atomic E-state index is 0.194. The third kappa shape index (κ3) is 4.63. The molecule has 1 unspecified atom stereocenters. The third-order valence-corrected chi connectivity index (χ3v) is 3.39. The second-order valence-electron chi connectivity index (χ2n) is 4.89. The zero-order valence-electron chi connectivity index (χ0n) is 10.2. The molecule has 0 radical (unpaired) electrons. The van der Waals surface area contributed by atoms with Gasteiger partial charge in [0, 0.05) is 5.92 Å². The topological polar surface area (TPSA) is 17.1 Å². The molecule has 1 fully saturated rings. The van der Waals surface area contributed by atoms with Gasteiger partial charge in [-0.2, -0.15) is 0 Å². The van der Waals surface area contributed by atoms with Crippen LogP contribution in [-0.4, -0.2) is 6.29 Å². The summed E-state index contributed by atoms with van der Waals surface area (Å²) in [5, 5.41) is 0. The van der Waals surface area contributed by atoms with Gasteiger partial charge in [0.05, 0.1) is 0 Å². The van der Waals surface area contributed by atoms with Crippen LogP contribution in [0.25, 0.3) is 0 Å². The highest BCUT2D eigenvalue weighted by atomic mass is 16.1. The molecule has 0 saturated heterocycles. The average Bonchev–Trinajstić information content (AvgIpc) is 2.29. The minimum Gasteiger partial charge on any atom is -0.303 e. The van der Waals surface area contributed by atoms with E-state index >= 15 is 0 Å². The van der Waals surface area contributed by atoms with Crippen LogP contribution in [0.3, 0.4) is 0 Å². The molecule has 0 amide bonds. The molecular weight excluding hydrogens is 184 g/mol. The summed E-state index contributed by atoms with van der Waals surface area (Å²) in [4.78, 5) is 10.6. The summed E-state index contributed by atoms with van der Waals surface area (Å²) in [6.45, 7) is 4.21. The van der Waals surface area contributed by atoms with Crippen molar-refractivity contribution in [2.24, 2.45) is 11.8 Å². The largest absolute Gasteiger partial charge is 0.303 e. The molecule has 1 atom stereocenters. The molecule has 1 saturated carbocycles. The number of hydrogen-bond donors (Lipinski definition) is 0. The van der Waals surface area contributed by atoms with E-state index in [-0.39, 0.29) is 5.92 Å². The van der Waals surface area contributed by atoms with Crippen LogP contribution in [0.2, 0.25) is 0 Å². The van der Waals surface area contributed by atoms with E-state index < -0.39 is 0 Å². The van der Waals surface area contributed by atoms with Gasteiger partial charge in [0.1, 0.15) is 6.29 Å². The average molecular weight is 208 g/mol. The van der Waals surface area contributed by atoms with Crippen molar-refractivity contribution in [3.8, 4) is 0 Å². The molecule has 1 aliphatic rings. The Morgan fingerprint density at radius 2 is 2.00 bits per heavy atom. The van der Waals surface area contributed by atoms with Gasteiger partial charge in [-0.25, -0.2) is 0 Å². The monoisotopic (exact) mass is 208 g/mol. The van der Waals surface area contributed by atoms with Crippen LogP contribution >= 0.6 is 0 Å². The van der Waals surface area contributed by atoms with Crippen LogP contribution in [0.5, 0.6) is 0 Å². The molecule has 86 valence electrons. The van der Waals surface area contributed by atoms with Gasteiger partial charge >= 0.3 is 0 Å². The Morgan fingerprint density at radius 1 is 1.33 bits per heavy atom. The first-order valence-corrected chi connectivity index (χ1v) is 6.41. The molecule has 0 aromatic heterocycles. The summed E-state index contributed by atoms with van der Waals surface area (Å²) >= 11 is 0. The van der Waals surface area contributed by atoms with Gasteiger partial charge in [-0.15, -0.1) is 0 Å². The summed E-state index contributed by atoms with van der Waals surface area (Å²) in [6, 6.07) is 0. The summed E-state index contributed by atoms with van der Waals surface area (Å²) in [5.41, 5.74) is 1.49. The molecule has 0 heterocycles. The van der Waals surface area contributed by atoms with Gasteiger partial charge in [0.2, 0.25) is 0 Å². The molecule has 1 heteroatoms. The van der Waals surface area contributed by atoms with E-state index in [4.69, 9.17) is 0 Å². The van der Waals surface area contributed by atoms with Gasteiger partial charge in [0.25, 0.3) is 0 Å². The Labute approximate surface area is 93.9 Å². The van der Waals surface area contributed by atoms with Crippen molar-refractivity contribution in [2.45, 2.75) is 58.8 Å². The lowest BCUT2D eigenvalue weighted by Crippen LogP contribution is -2.05. The van der Waals surface area contributed by atoms with Crippen molar-refractivity contribution >= 4 is 6.29 Å². The lowest BCUT2D eigenvalue weighted by Gasteiger charge is -2.20. The standard InChI is InChI=1S/C14H24O/c1-3-13(9-12(2)11-15)10-14-7-5-4-6-8-14/h10-12,14H,3-9H2,1-2H3. The first kappa shape index (κ1) is 12.5. The zero-order valence-corrected chi connectivity index (χ0v) is 10.2. The number of hydrogen-bond acceptors (Lipinski definition) is 1. The number of carbonyl (C=O) groups excluding carboxylic acids is 1. The van der Waals surface area contributed by atoms with Gasteiger partial charge in [-0.3, -0.25) is 0 Å². The van der Waals surface area contributed by atoms with Gasteiger partial charge in [0.15, 0.2) is 0 Å². The molecule has 0 N–H and O–H groups in total. The SMILES string of the molecule is CCC(=CC1CCCCC1)CC(C)C=O. The molecule has 0 spiro atoms. The fourth-order valence-corrected chi connectivity index (χ4v) is 2.43. The maximum Gasteiger partial charge on any atom is 0.123 e. The smallest absolute Gasteiger partial charge is 0.123 e. The summed E-state index contributed by atoms with van der Waals surface area (Å²) in [5.74, 6) is 0.993. The van der Waals surface area contributed by atoms with Crippen LogP contribution in [0, 0.1) is 11.8 Å². The molecule has 0 bridgehead atoms. The third-order valence-electron chi connectivity index (χ3n) is 3.39. The zero-order chi connectivity index (χ0) is 11.1. The molecular formula is C14H24O. The van der Waals surface area contributed by atoms with Crippen molar-refractivity contribution in [3.63, 3.8) is 0 Å². The molecule has 0 aliphatic heterocycles. The van der Waals surface area contributed by atoms with Crippen LogP contribution in [0.4, 0.5) is 0 Å². The van der Waals surface area contributed by atoms with E-state index in [2.05, 4.69) is 13.0 Å². The predicted molar refractivity (Wildman–Crippen MR) is 64.8 cm³/mol. The molecule has 1 rings (SSSR count). The highest BCUT2D eigenvalue weighted by Crippen LogP contribution is 2.27. The van der Waals surface area contributed by atoms with Crippen molar-refractivity contribution in [2.75, 3.05) is 0 Å². The first-order chi connectivity index (χ1) is 7.26. The molecule has 15 heavy (non-hydrogen) atoms. The number of allylic oxidation sites excluding steroid dienone is 2. The van der Waals surface area contributed by atoms with Gasteiger partial charge < -0.3 is 4.79 Å². The maximum atomic E-state index is 10.6. The van der Waals surface area contributed by atoms with Crippen molar-refractivity contribution in [3.05, 3.63) is 11.6 Å². The Morgan fingerprint density at radius 3 is 2.53 bits per heavy atom. The van der Waals surface area contributed by atoms with E-state index in [1.54, 1.807) is 0 Å². The fraction of sp³-hybridized carbons (Fsp3) is 0.786. The van der Waals surface area contributed by atoms with Gasteiger partial charge in [-0.05, 0) is 31.6 Å². The Balaban J connectivity index is 2.47. The molecule has 1 nitrogen and oxygen atoms in total. The van der Waals surface area contributed by atoms with Crippen LogP contribution in [0.15, 0.2) is 11.6 Å². The minimum absolute atomic E-state index is 0.194. The van der Waals surface area contributed by atoms with Crippen LogP contribution < -0.4 is 0 Å². The Hall–Kier alpha value is -0.590. The molecule has 0 aromatic rings. The van der Waals surface area contributed by atoms with E-state index in [1.807, 2.05) is 6.92 Å². The van der Waals surface area contributed by atoms with Crippen molar-refractivity contribution < 1.29 is 4.79 Å². The second-order valence-corrected chi connectivity index (χ2v) is 4.89. The highest BCUT2D eigenvalue weighted by molar-refractivity contribution is 5.53. The van der Waals surface area contributed by atoms with Crippen LogP contribution in [0.1, 0.15) is 58.8 Å². The number of carbonyl (C=O) groups is 1. The fourth-order valence-electron chi connectivity index (χ4n) is 2.43. The van der Waals surface area contributed by atoms with Crippen LogP contribution in [-0.2, 0) is 4.79 Å². The van der Waals surface area contributed by atoms with E-state index in [9.17, 15) is 4.79 Å². The maximum absolute atomic E-state index is 10.6. The second kappa shape index (κ2) is 6.81. The Kier molecular flexibility index (Phi) is 5.67. The van der Waals surface area contributed by atoms with Gasteiger partial charge in [-0.1, -0.05) is 44.8 Å². The predicted octanol–water partition coefficient (Wildman–Crippen LogP) is 4.13. The Bertz CT molecular complexity index is 211. The lowest BCUT2D eigenvalue weighted by atomic mass is 9.86. The van der Waals surface area contributed by atoms with E-state index in [0.29, 0.717) is 0 Å². The van der Waals surface area contributed by atoms with E-state index in [0.717, 1.165) is 25.0 Å². The van der Waals surface area contributed by atoms with Crippen molar-refractivity contribution in [1.82, 2.24) is 0 Å².